The van der Waals surface area contributed by atoms with Gasteiger partial charge in [0.15, 0.2) is 0 Å². The average molecular weight is 376 g/mol. The second kappa shape index (κ2) is 7.78. The monoisotopic (exact) mass is 375 g/mol. The highest BCUT2D eigenvalue weighted by atomic mass is 35.5. The van der Waals surface area contributed by atoms with E-state index in [1.165, 1.54) is 0 Å². The molecule has 8 heteroatoms. The zero-order chi connectivity index (χ0) is 18.7. The lowest BCUT2D eigenvalue weighted by molar-refractivity contribution is -0.117. The Labute approximate surface area is 157 Å². The molecule has 138 valence electrons. The number of nitrogens with zero attached hydrogens (tertiary/aromatic N) is 4. The van der Waals surface area contributed by atoms with Crippen molar-refractivity contribution in [2.75, 3.05) is 18.5 Å². The van der Waals surface area contributed by atoms with Crippen LogP contribution in [0.1, 0.15) is 18.9 Å². The van der Waals surface area contributed by atoms with E-state index >= 15 is 0 Å². The normalized spacial score (nSPS) is 16.8. The standard InChI is InChI=1S/C18H22ClN5O2/c1-3-23-11-13(9-20-23)10-22(2)18(26)21-14-8-17(25)24(12-14)16-7-5-4-6-15(16)19/h4-7,9,11,14H,3,8,10,12H2,1-2H3,(H,21,26)/t14-/m1/s1. The molecule has 0 aliphatic carbocycles. The first-order valence-corrected chi connectivity index (χ1v) is 8.93. The van der Waals surface area contributed by atoms with Crippen LogP contribution in [-0.2, 0) is 17.9 Å². The molecule has 1 fully saturated rings. The summed E-state index contributed by atoms with van der Waals surface area (Å²) in [6.07, 6.45) is 3.94. The third-order valence-electron chi connectivity index (χ3n) is 4.37. The second-order valence-electron chi connectivity index (χ2n) is 6.37. The number of nitrogens with one attached hydrogen (secondary N) is 1. The summed E-state index contributed by atoms with van der Waals surface area (Å²) in [5.74, 6) is -0.0460. The van der Waals surface area contributed by atoms with Crippen LogP contribution >= 0.6 is 11.6 Å². The third kappa shape index (κ3) is 3.99. The third-order valence-corrected chi connectivity index (χ3v) is 4.69. The fourth-order valence-electron chi connectivity index (χ4n) is 3.00. The van der Waals surface area contributed by atoms with Gasteiger partial charge in [-0.2, -0.15) is 5.10 Å². The minimum atomic E-state index is -0.243. The van der Waals surface area contributed by atoms with Crippen molar-refractivity contribution < 1.29 is 9.59 Å². The van der Waals surface area contributed by atoms with Gasteiger partial charge in [-0.15, -0.1) is 0 Å². The van der Waals surface area contributed by atoms with E-state index in [4.69, 9.17) is 11.6 Å². The van der Waals surface area contributed by atoms with E-state index in [0.29, 0.717) is 23.8 Å². The van der Waals surface area contributed by atoms with Crippen molar-refractivity contribution in [3.63, 3.8) is 0 Å². The summed E-state index contributed by atoms with van der Waals surface area (Å²) in [7, 11) is 1.72. The topological polar surface area (TPSA) is 70.5 Å². The number of hydrogen-bond acceptors (Lipinski definition) is 3. The van der Waals surface area contributed by atoms with Gasteiger partial charge in [-0.05, 0) is 19.1 Å². The van der Waals surface area contributed by atoms with Crippen molar-refractivity contribution >= 4 is 29.2 Å². The summed E-state index contributed by atoms with van der Waals surface area (Å²) in [4.78, 5) is 27.9. The summed E-state index contributed by atoms with van der Waals surface area (Å²) in [5, 5.41) is 7.66. The minimum absolute atomic E-state index is 0.0460. The summed E-state index contributed by atoms with van der Waals surface area (Å²) >= 11 is 6.18. The van der Waals surface area contributed by atoms with Gasteiger partial charge in [-0.3, -0.25) is 9.48 Å². The van der Waals surface area contributed by atoms with Crippen molar-refractivity contribution in [1.29, 1.82) is 0 Å². The summed E-state index contributed by atoms with van der Waals surface area (Å²) in [5.41, 5.74) is 1.64. The number of amides is 3. The van der Waals surface area contributed by atoms with Crippen molar-refractivity contribution in [2.45, 2.75) is 32.5 Å². The lowest BCUT2D eigenvalue weighted by atomic mass is 10.2. The van der Waals surface area contributed by atoms with Gasteiger partial charge in [0.2, 0.25) is 5.91 Å². The summed E-state index contributed by atoms with van der Waals surface area (Å²) < 4.78 is 1.82. The lowest BCUT2D eigenvalue weighted by Gasteiger charge is -2.21. The first-order valence-electron chi connectivity index (χ1n) is 8.55. The van der Waals surface area contributed by atoms with Crippen LogP contribution in [0, 0.1) is 0 Å². The number of hydrogen-bond donors (Lipinski definition) is 1. The van der Waals surface area contributed by atoms with Gasteiger partial charge in [-0.25, -0.2) is 4.79 Å². The van der Waals surface area contributed by atoms with E-state index in [1.807, 2.05) is 36.0 Å². The molecule has 2 heterocycles. The first-order chi connectivity index (χ1) is 12.5. The molecule has 0 unspecified atom stereocenters. The Balaban J connectivity index is 1.58. The number of para-hydroxylation sites is 1. The molecular formula is C18H22ClN5O2. The van der Waals surface area contributed by atoms with Gasteiger partial charge in [0.1, 0.15) is 0 Å². The molecule has 0 saturated carbocycles. The Morgan fingerprint density at radius 1 is 1.42 bits per heavy atom. The zero-order valence-electron chi connectivity index (χ0n) is 14.9. The highest BCUT2D eigenvalue weighted by molar-refractivity contribution is 6.33. The van der Waals surface area contributed by atoms with E-state index in [9.17, 15) is 9.59 Å². The van der Waals surface area contributed by atoms with Crippen molar-refractivity contribution in [2.24, 2.45) is 0 Å². The Morgan fingerprint density at radius 2 is 2.19 bits per heavy atom. The minimum Gasteiger partial charge on any atom is -0.333 e. The molecule has 1 aliphatic rings. The summed E-state index contributed by atoms with van der Waals surface area (Å²) in [6.45, 7) is 3.67. The number of carbonyl (C=O) groups is 2. The van der Waals surface area contributed by atoms with Gasteiger partial charge in [0, 0.05) is 38.3 Å². The van der Waals surface area contributed by atoms with Crippen molar-refractivity contribution in [1.82, 2.24) is 20.0 Å². The van der Waals surface area contributed by atoms with Crippen LogP contribution in [0.3, 0.4) is 0 Å². The van der Waals surface area contributed by atoms with Crippen molar-refractivity contribution in [3.05, 3.63) is 47.2 Å². The van der Waals surface area contributed by atoms with Crippen LogP contribution in [0.25, 0.3) is 0 Å². The largest absolute Gasteiger partial charge is 0.333 e. The zero-order valence-corrected chi connectivity index (χ0v) is 15.6. The maximum Gasteiger partial charge on any atom is 0.317 e. The molecule has 1 aromatic carbocycles. The SMILES string of the molecule is CCn1cc(CN(C)C(=O)N[C@@H]2CC(=O)N(c3ccccc3Cl)C2)cn1. The predicted octanol–water partition coefficient (Wildman–Crippen LogP) is 2.50. The number of rotatable bonds is 5. The number of halogens is 1. The molecule has 3 amide bonds. The van der Waals surface area contributed by atoms with Crippen LogP contribution in [0.5, 0.6) is 0 Å². The van der Waals surface area contributed by atoms with Crippen LogP contribution in [0.15, 0.2) is 36.7 Å². The molecule has 3 rings (SSSR count). The van der Waals surface area contributed by atoms with E-state index in [2.05, 4.69) is 10.4 Å². The molecule has 7 nitrogen and oxygen atoms in total. The Kier molecular flexibility index (Phi) is 5.46. The van der Waals surface area contributed by atoms with Gasteiger partial charge in [0.25, 0.3) is 0 Å². The highest BCUT2D eigenvalue weighted by Gasteiger charge is 2.33. The smallest absolute Gasteiger partial charge is 0.317 e. The van der Waals surface area contributed by atoms with Crippen molar-refractivity contribution in [3.8, 4) is 0 Å². The molecule has 0 spiro atoms. The number of urea groups is 1. The molecule has 1 saturated heterocycles. The predicted molar refractivity (Wildman–Crippen MR) is 100 cm³/mol. The van der Waals surface area contributed by atoms with Gasteiger partial charge < -0.3 is 15.1 Å². The summed E-state index contributed by atoms with van der Waals surface area (Å²) in [6, 6.07) is 6.76. The van der Waals surface area contributed by atoms with Gasteiger partial charge in [-0.1, -0.05) is 23.7 Å². The van der Waals surface area contributed by atoms with E-state index in [1.54, 1.807) is 29.1 Å². The first kappa shape index (κ1) is 18.3. The maximum atomic E-state index is 12.4. The molecule has 1 N–H and O–H groups in total. The Hall–Kier alpha value is -2.54. The lowest BCUT2D eigenvalue weighted by Crippen LogP contribution is -2.43. The van der Waals surface area contributed by atoms with E-state index in [0.717, 1.165) is 12.1 Å². The fourth-order valence-corrected chi connectivity index (χ4v) is 3.24. The van der Waals surface area contributed by atoms with Crippen LogP contribution in [0.2, 0.25) is 5.02 Å². The molecule has 26 heavy (non-hydrogen) atoms. The molecule has 2 aromatic rings. The Morgan fingerprint density at radius 3 is 2.88 bits per heavy atom. The quantitative estimate of drug-likeness (QED) is 0.872. The molecule has 1 aliphatic heterocycles. The maximum absolute atomic E-state index is 12.4. The number of aryl methyl sites for hydroxylation is 1. The van der Waals surface area contributed by atoms with Crippen LogP contribution in [0.4, 0.5) is 10.5 Å². The average Bonchev–Trinajstić information content (AvgIpc) is 3.21. The van der Waals surface area contributed by atoms with E-state index < -0.39 is 0 Å². The van der Waals surface area contributed by atoms with Gasteiger partial charge in [0.05, 0.1) is 29.5 Å². The van der Waals surface area contributed by atoms with E-state index in [-0.39, 0.29) is 24.4 Å². The molecular weight excluding hydrogens is 354 g/mol. The molecule has 0 bridgehead atoms. The highest BCUT2D eigenvalue weighted by Crippen LogP contribution is 2.29. The number of anilines is 1. The van der Waals surface area contributed by atoms with Crippen LogP contribution < -0.4 is 10.2 Å². The number of aromatic nitrogens is 2. The second-order valence-corrected chi connectivity index (χ2v) is 6.77. The van der Waals surface area contributed by atoms with Gasteiger partial charge >= 0.3 is 6.03 Å². The van der Waals surface area contributed by atoms with Crippen LogP contribution in [-0.4, -0.2) is 46.3 Å². The fraction of sp³-hybridized carbons (Fsp3) is 0.389. The molecule has 1 atom stereocenters. The molecule has 1 aromatic heterocycles. The number of carbonyl (C=O) groups excluding carboxylic acids is 2. The molecule has 0 radical (unpaired) electrons. The Bertz CT molecular complexity index is 806. The number of benzene rings is 1.